The molecule has 2 atom stereocenters. The number of nitrogens with zero attached hydrogens (tertiary/aromatic N) is 1. The molecule has 18 heavy (non-hydrogen) atoms. The molecule has 96 valence electrons. The van der Waals surface area contributed by atoms with Crippen LogP contribution in [0, 0.1) is 5.92 Å². The maximum atomic E-state index is 5.89. The molecule has 4 heteroatoms. The molecule has 1 fully saturated rings. The average Bonchev–Trinajstić information content (AvgIpc) is 2.90. The van der Waals surface area contributed by atoms with Gasteiger partial charge in [-0.3, -0.25) is 0 Å². The fraction of sp³-hybridized carbons (Fsp3) is 0.500. The van der Waals surface area contributed by atoms with Crippen molar-refractivity contribution in [2.75, 3.05) is 19.7 Å². The molecule has 0 aromatic heterocycles. The Morgan fingerprint density at radius 2 is 2.11 bits per heavy atom. The number of hydrogen-bond acceptors (Lipinski definition) is 3. The first-order valence-corrected chi connectivity index (χ1v) is 6.87. The third kappa shape index (κ3) is 2.52. The molecule has 1 saturated heterocycles. The summed E-state index contributed by atoms with van der Waals surface area (Å²) in [6.45, 7) is 2.77. The lowest BCUT2D eigenvalue weighted by atomic mass is 9.99. The second-order valence-electron chi connectivity index (χ2n) is 4.89. The zero-order valence-corrected chi connectivity index (χ0v) is 11.0. The third-order valence-electron chi connectivity index (χ3n) is 3.57. The Hall–Kier alpha value is -1.06. The fourth-order valence-corrected chi connectivity index (χ4v) is 2.66. The van der Waals surface area contributed by atoms with E-state index in [1.54, 1.807) is 0 Å². The number of nitrogens with one attached hydrogen (secondary N) is 1. The van der Waals surface area contributed by atoms with Gasteiger partial charge in [0.05, 0.1) is 0 Å². The molecule has 3 nitrogen and oxygen atoms in total. The van der Waals surface area contributed by atoms with E-state index in [-0.39, 0.29) is 6.04 Å². The molecule has 0 spiro atoms. The summed E-state index contributed by atoms with van der Waals surface area (Å²) < 4.78 is 5.77. The van der Waals surface area contributed by atoms with Gasteiger partial charge in [0.25, 0.3) is 0 Å². The second kappa shape index (κ2) is 5.29. The van der Waals surface area contributed by atoms with Crippen LogP contribution in [0.4, 0.5) is 0 Å². The topological polar surface area (TPSA) is 33.6 Å². The molecule has 1 N–H and O–H groups in total. The lowest BCUT2D eigenvalue weighted by molar-refractivity contribution is 0.286. The summed E-state index contributed by atoms with van der Waals surface area (Å²) in [6.07, 6.45) is 2.39. The van der Waals surface area contributed by atoms with Gasteiger partial charge in [0.1, 0.15) is 12.6 Å². The summed E-state index contributed by atoms with van der Waals surface area (Å²) in [5, 5.41) is 4.16. The SMILES string of the molecule is Clc1ccc(C2COC(C3CCCNC3)=N2)cc1. The maximum Gasteiger partial charge on any atom is 0.188 e. The fourth-order valence-electron chi connectivity index (χ4n) is 2.53. The zero-order valence-electron chi connectivity index (χ0n) is 10.2. The standard InChI is InChI=1S/C14H17ClN2O/c15-12-5-3-10(4-6-12)13-9-18-14(17-13)11-2-1-7-16-8-11/h3-6,11,13,16H,1-2,7-9H2. The minimum atomic E-state index is 0.138. The first-order chi connectivity index (χ1) is 8.83. The number of ether oxygens (including phenoxy) is 1. The number of halogens is 1. The molecular formula is C14H17ClN2O. The highest BCUT2D eigenvalue weighted by molar-refractivity contribution is 6.30. The third-order valence-corrected chi connectivity index (χ3v) is 3.83. The van der Waals surface area contributed by atoms with Crippen molar-refractivity contribution in [3.8, 4) is 0 Å². The summed E-state index contributed by atoms with van der Waals surface area (Å²) in [4.78, 5) is 4.72. The molecular weight excluding hydrogens is 248 g/mol. The van der Waals surface area contributed by atoms with E-state index in [2.05, 4.69) is 5.32 Å². The van der Waals surface area contributed by atoms with Gasteiger partial charge in [-0.15, -0.1) is 0 Å². The van der Waals surface area contributed by atoms with Crippen LogP contribution in [-0.4, -0.2) is 25.6 Å². The molecule has 1 aromatic carbocycles. The Morgan fingerprint density at radius 1 is 1.28 bits per heavy atom. The first kappa shape index (κ1) is 12.0. The minimum Gasteiger partial charge on any atom is -0.478 e. The molecule has 0 radical (unpaired) electrons. The van der Waals surface area contributed by atoms with Crippen LogP contribution in [0.5, 0.6) is 0 Å². The van der Waals surface area contributed by atoms with E-state index in [4.69, 9.17) is 21.3 Å². The van der Waals surface area contributed by atoms with Gasteiger partial charge in [-0.1, -0.05) is 23.7 Å². The second-order valence-corrected chi connectivity index (χ2v) is 5.33. The van der Waals surface area contributed by atoms with Crippen molar-refractivity contribution in [3.63, 3.8) is 0 Å². The first-order valence-electron chi connectivity index (χ1n) is 6.49. The monoisotopic (exact) mass is 264 g/mol. The van der Waals surface area contributed by atoms with E-state index in [1.165, 1.54) is 18.4 Å². The van der Waals surface area contributed by atoms with E-state index >= 15 is 0 Å². The van der Waals surface area contributed by atoms with Crippen molar-refractivity contribution in [2.24, 2.45) is 10.9 Å². The maximum absolute atomic E-state index is 5.89. The van der Waals surface area contributed by atoms with Crippen LogP contribution in [0.2, 0.25) is 5.02 Å². The molecule has 0 amide bonds. The van der Waals surface area contributed by atoms with E-state index in [0.717, 1.165) is 24.0 Å². The molecule has 2 aliphatic heterocycles. The summed E-state index contributed by atoms with van der Waals surface area (Å²) >= 11 is 5.89. The van der Waals surface area contributed by atoms with E-state index in [1.807, 2.05) is 24.3 Å². The van der Waals surface area contributed by atoms with E-state index in [0.29, 0.717) is 12.5 Å². The minimum absolute atomic E-state index is 0.138. The Kier molecular flexibility index (Phi) is 3.52. The van der Waals surface area contributed by atoms with Crippen molar-refractivity contribution in [2.45, 2.75) is 18.9 Å². The largest absolute Gasteiger partial charge is 0.478 e. The Bertz CT molecular complexity index is 438. The van der Waals surface area contributed by atoms with Crippen LogP contribution in [0.15, 0.2) is 29.3 Å². The van der Waals surface area contributed by atoms with Crippen LogP contribution < -0.4 is 5.32 Å². The van der Waals surface area contributed by atoms with Crippen LogP contribution >= 0.6 is 11.6 Å². The van der Waals surface area contributed by atoms with Crippen molar-refractivity contribution in [1.82, 2.24) is 5.32 Å². The summed E-state index contributed by atoms with van der Waals surface area (Å²) in [5.74, 6) is 1.39. The lowest BCUT2D eigenvalue weighted by Crippen LogP contribution is -2.34. The van der Waals surface area contributed by atoms with Crippen molar-refractivity contribution in [1.29, 1.82) is 0 Å². The molecule has 0 bridgehead atoms. The van der Waals surface area contributed by atoms with Gasteiger partial charge < -0.3 is 10.1 Å². The number of rotatable bonds is 2. The van der Waals surface area contributed by atoms with Crippen molar-refractivity contribution in [3.05, 3.63) is 34.9 Å². The van der Waals surface area contributed by atoms with Gasteiger partial charge in [0.15, 0.2) is 5.90 Å². The highest BCUT2D eigenvalue weighted by Crippen LogP contribution is 2.27. The predicted octanol–water partition coefficient (Wildman–Crippen LogP) is 2.81. The molecule has 2 unspecified atom stereocenters. The molecule has 0 saturated carbocycles. The van der Waals surface area contributed by atoms with E-state index < -0.39 is 0 Å². The molecule has 0 aliphatic carbocycles. The summed E-state index contributed by atoms with van der Waals surface area (Å²) in [7, 11) is 0. The van der Waals surface area contributed by atoms with Crippen LogP contribution in [0.3, 0.4) is 0 Å². The zero-order chi connectivity index (χ0) is 12.4. The number of aliphatic imine (C=N–C) groups is 1. The number of hydrogen-bond donors (Lipinski definition) is 1. The average molecular weight is 265 g/mol. The predicted molar refractivity (Wildman–Crippen MR) is 73.2 cm³/mol. The quantitative estimate of drug-likeness (QED) is 0.891. The lowest BCUT2D eigenvalue weighted by Gasteiger charge is -2.21. The smallest absolute Gasteiger partial charge is 0.188 e. The number of benzene rings is 1. The van der Waals surface area contributed by atoms with E-state index in [9.17, 15) is 0 Å². The molecule has 2 heterocycles. The van der Waals surface area contributed by atoms with Crippen molar-refractivity contribution >= 4 is 17.5 Å². The number of piperidine rings is 1. The Morgan fingerprint density at radius 3 is 2.83 bits per heavy atom. The van der Waals surface area contributed by atoms with Gasteiger partial charge in [-0.05, 0) is 37.1 Å². The van der Waals surface area contributed by atoms with Gasteiger partial charge in [0.2, 0.25) is 0 Å². The van der Waals surface area contributed by atoms with Gasteiger partial charge in [0, 0.05) is 17.5 Å². The van der Waals surface area contributed by atoms with Crippen LogP contribution in [0.1, 0.15) is 24.4 Å². The normalized spacial score (nSPS) is 27.7. The van der Waals surface area contributed by atoms with Gasteiger partial charge in [-0.25, -0.2) is 4.99 Å². The molecule has 2 aliphatic rings. The molecule has 1 aromatic rings. The summed E-state index contributed by atoms with van der Waals surface area (Å²) in [6, 6.07) is 8.02. The van der Waals surface area contributed by atoms with Gasteiger partial charge in [-0.2, -0.15) is 0 Å². The van der Waals surface area contributed by atoms with Crippen molar-refractivity contribution < 1.29 is 4.74 Å². The highest BCUT2D eigenvalue weighted by atomic mass is 35.5. The Labute approximate surface area is 112 Å². The van der Waals surface area contributed by atoms with Crippen LogP contribution in [0.25, 0.3) is 0 Å². The summed E-state index contributed by atoms with van der Waals surface area (Å²) in [5.41, 5.74) is 1.18. The van der Waals surface area contributed by atoms with Crippen LogP contribution in [-0.2, 0) is 4.74 Å². The molecule has 3 rings (SSSR count). The van der Waals surface area contributed by atoms with Gasteiger partial charge >= 0.3 is 0 Å². The Balaban J connectivity index is 1.72. The highest BCUT2D eigenvalue weighted by Gasteiger charge is 2.27.